The predicted molar refractivity (Wildman–Crippen MR) is 300 cm³/mol. The highest BCUT2D eigenvalue weighted by Gasteiger charge is 2.73. The van der Waals surface area contributed by atoms with Crippen molar-refractivity contribution in [2.75, 3.05) is 13.2 Å². The summed E-state index contributed by atoms with van der Waals surface area (Å²) >= 11 is 0. The average molecular weight is 1070 g/mol. The van der Waals surface area contributed by atoms with Crippen LogP contribution in [0.1, 0.15) is 211 Å². The van der Waals surface area contributed by atoms with Crippen molar-refractivity contribution in [1.29, 1.82) is 0 Å². The molecule has 1 aromatic rings. The number of aliphatic hydroxyl groups excluding tert-OH is 4. The smallest absolute Gasteiger partial charge is 0.313 e. The Hall–Kier alpha value is -2.53. The van der Waals surface area contributed by atoms with E-state index in [-0.39, 0.29) is 92.8 Å². The van der Waals surface area contributed by atoms with Crippen LogP contribution in [0.2, 0.25) is 0 Å². The highest BCUT2D eigenvalue weighted by Crippen LogP contribution is 2.78. The molecule has 0 aliphatic heterocycles. The summed E-state index contributed by atoms with van der Waals surface area (Å²) in [4.78, 5) is 29.8. The molecule has 8 saturated carbocycles. The number of aromatic nitrogens is 2. The van der Waals surface area contributed by atoms with E-state index in [0.29, 0.717) is 61.5 Å². The molecule has 0 unspecified atom stereocenters. The van der Waals surface area contributed by atoms with Gasteiger partial charge in [0.05, 0.1) is 48.6 Å². The lowest BCUT2D eigenvalue weighted by Crippen LogP contribution is -2.68. The van der Waals surface area contributed by atoms with Gasteiger partial charge in [-0.1, -0.05) is 113 Å². The minimum atomic E-state index is -0.941. The van der Waals surface area contributed by atoms with Crippen molar-refractivity contribution < 1.29 is 39.5 Å². The maximum atomic E-state index is 14.9. The Kier molecular flexibility index (Phi) is 13.7. The Morgan fingerprint density at radius 3 is 1.73 bits per heavy atom. The summed E-state index contributed by atoms with van der Waals surface area (Å²) in [7, 11) is 0. The molecule has 1 aromatic heterocycles. The zero-order chi connectivity index (χ0) is 55.5. The molecule has 11 rings (SSSR count). The third-order valence-electron chi connectivity index (χ3n) is 28.7. The van der Waals surface area contributed by atoms with Gasteiger partial charge in [-0.05, 0) is 206 Å². The second-order valence-electron chi connectivity index (χ2n) is 31.5. The second-order valence-corrected chi connectivity index (χ2v) is 31.5. The molecule has 8 fully saturated rings. The van der Waals surface area contributed by atoms with Crippen LogP contribution in [-0.2, 0) is 32.2 Å². The van der Waals surface area contributed by atoms with Gasteiger partial charge in [-0.2, -0.15) is 5.10 Å². The maximum Gasteiger partial charge on any atom is 0.313 e. The van der Waals surface area contributed by atoms with Crippen molar-refractivity contribution >= 4 is 11.9 Å². The van der Waals surface area contributed by atoms with Crippen molar-refractivity contribution in [1.82, 2.24) is 9.78 Å². The summed E-state index contributed by atoms with van der Waals surface area (Å²) in [6, 6.07) is 0. The van der Waals surface area contributed by atoms with Crippen molar-refractivity contribution in [3.63, 3.8) is 0 Å². The third kappa shape index (κ3) is 7.58. The topological polar surface area (TPSA) is 151 Å². The zero-order valence-corrected chi connectivity index (χ0v) is 50.2. The Labute approximate surface area is 464 Å². The van der Waals surface area contributed by atoms with Gasteiger partial charge in [0.15, 0.2) is 0 Å². The second kappa shape index (κ2) is 18.7. The molecule has 0 aromatic carbocycles. The number of carbonyl (C=O) groups is 2. The highest BCUT2D eigenvalue weighted by atomic mass is 16.5. The van der Waals surface area contributed by atoms with E-state index < -0.39 is 28.5 Å². The number of fused-ring (bicyclic) bond motifs is 14. The number of esters is 2. The first-order chi connectivity index (χ1) is 36.1. The molecule has 10 aliphatic rings. The molecular formula is C67H104N2O8. The number of rotatable bonds is 9. The van der Waals surface area contributed by atoms with Gasteiger partial charge in [0.2, 0.25) is 0 Å². The number of ether oxygens (including phenoxy) is 2. The lowest BCUT2D eigenvalue weighted by molar-refractivity contribution is -0.244. The summed E-state index contributed by atoms with van der Waals surface area (Å²) in [5, 5.41) is 49.3. The van der Waals surface area contributed by atoms with Gasteiger partial charge in [0, 0.05) is 30.1 Å². The normalized spacial score (nSPS) is 51.5. The molecule has 0 bridgehead atoms. The van der Waals surface area contributed by atoms with Gasteiger partial charge < -0.3 is 29.9 Å². The van der Waals surface area contributed by atoms with E-state index in [1.807, 2.05) is 24.0 Å². The van der Waals surface area contributed by atoms with Crippen LogP contribution in [-0.4, -0.2) is 73.7 Å². The van der Waals surface area contributed by atoms with Gasteiger partial charge in [-0.3, -0.25) is 14.3 Å². The maximum absolute atomic E-state index is 14.9. The SMILES string of the molecule is C[C@H]1[C@H](C)CC[C@]2(C(=O)OCCCn3cc(COC(=O)[C@]45CC[C@@H](C)[C@H](C)[C@@H]4C4=CC[C@@H]6[C@@]7(C)C[C@H](O)[C@H](O)[C@](C)(CO)[C@@H]7CC[C@]6(C)[C@]4(C)CC5)cn3)CC[C@]3(C)C(=CC[C@@H]4[C@@]5(C)CC[C@H](O)C(C)(C)[C@@H]5CC[C@]43C)[C@H]12. The summed E-state index contributed by atoms with van der Waals surface area (Å²) in [6.07, 6.45) is 23.7. The van der Waals surface area contributed by atoms with Crippen molar-refractivity contribution in [3.8, 4) is 0 Å². The van der Waals surface area contributed by atoms with Crippen LogP contribution in [0.5, 0.6) is 0 Å². The fraction of sp³-hybridized carbons (Fsp3) is 0.866. The van der Waals surface area contributed by atoms with Crippen LogP contribution < -0.4 is 0 Å². The van der Waals surface area contributed by atoms with E-state index in [1.165, 1.54) is 18.4 Å². The number of allylic oxidation sites excluding steroid dienone is 4. The van der Waals surface area contributed by atoms with Crippen molar-refractivity contribution in [2.24, 2.45) is 113 Å². The molecule has 4 N–H and O–H groups in total. The largest absolute Gasteiger partial charge is 0.465 e. The van der Waals surface area contributed by atoms with E-state index in [1.54, 1.807) is 5.57 Å². The molecule has 0 spiro atoms. The number of aliphatic hydroxyl groups is 4. The van der Waals surface area contributed by atoms with Gasteiger partial charge in [0.1, 0.15) is 6.61 Å². The monoisotopic (exact) mass is 1060 g/mol. The molecule has 77 heavy (non-hydrogen) atoms. The molecule has 0 saturated heterocycles. The Bertz CT molecular complexity index is 2530. The molecule has 22 atom stereocenters. The summed E-state index contributed by atoms with van der Waals surface area (Å²) < 4.78 is 14.8. The van der Waals surface area contributed by atoms with Gasteiger partial charge in [-0.25, -0.2) is 0 Å². The Morgan fingerprint density at radius 2 is 1.17 bits per heavy atom. The first-order valence-electron chi connectivity index (χ1n) is 31.5. The zero-order valence-electron chi connectivity index (χ0n) is 50.2. The molecule has 0 amide bonds. The van der Waals surface area contributed by atoms with Crippen LogP contribution in [0.25, 0.3) is 0 Å². The predicted octanol–water partition coefficient (Wildman–Crippen LogP) is 12.8. The van der Waals surface area contributed by atoms with E-state index in [4.69, 9.17) is 14.6 Å². The highest BCUT2D eigenvalue weighted by molar-refractivity contribution is 5.79. The summed E-state index contributed by atoms with van der Waals surface area (Å²) in [5.74, 6) is 3.41. The molecule has 10 nitrogen and oxygen atoms in total. The van der Waals surface area contributed by atoms with Gasteiger partial charge in [-0.15, -0.1) is 0 Å². The van der Waals surface area contributed by atoms with Crippen LogP contribution >= 0.6 is 0 Å². The fourth-order valence-corrected chi connectivity index (χ4v) is 23.3. The first-order valence-corrected chi connectivity index (χ1v) is 31.5. The van der Waals surface area contributed by atoms with E-state index in [9.17, 15) is 30.0 Å². The van der Waals surface area contributed by atoms with E-state index in [2.05, 4.69) is 95.2 Å². The average Bonchev–Trinajstić information content (AvgIpc) is 4.01. The molecule has 10 heteroatoms. The Morgan fingerprint density at radius 1 is 0.636 bits per heavy atom. The fourth-order valence-electron chi connectivity index (χ4n) is 23.3. The van der Waals surface area contributed by atoms with Crippen LogP contribution in [0.3, 0.4) is 0 Å². The number of aryl methyl sites for hydroxylation is 1. The van der Waals surface area contributed by atoms with Crippen molar-refractivity contribution in [2.45, 2.75) is 237 Å². The number of hydrogen-bond acceptors (Lipinski definition) is 9. The molecule has 1 heterocycles. The number of hydrogen-bond donors (Lipinski definition) is 4. The number of carbonyl (C=O) groups excluding carboxylic acids is 2. The minimum absolute atomic E-state index is 0.00494. The lowest BCUT2D eigenvalue weighted by Gasteiger charge is -2.71. The Balaban J connectivity index is 0.743. The van der Waals surface area contributed by atoms with Gasteiger partial charge in [0.25, 0.3) is 0 Å². The molecule has 430 valence electrons. The number of nitrogens with zero attached hydrogens (tertiary/aromatic N) is 2. The standard InChI is InChI=1S/C67H104N2O8/c1-40-19-27-66(31-29-62(10)45(53(66)42(40)3)15-17-50-59(7)24-23-52(72)58(5,6)48(59)21-25-64(50,62)12)56(74)76-34-14-33-69-37-44(36-68-69)38-77-57(75)67-28-20-41(2)43(4)54(67)46-16-18-51-60(8)35-47(71)55(73)61(9,39-70)49(60)22-26-65(51,13)63(46,11)30-32-67/h15-16,36-37,40-43,47-55,70-73H,14,17-35,38-39H2,1-13H3/t40-,41-,42+,43+,47+,48+,49-,50-,51-,52+,53+,54-,55+,59+,60+,61-,62-,63-,64-,65+,66+,67+/m1/s1. The van der Waals surface area contributed by atoms with Crippen LogP contribution in [0, 0.1) is 113 Å². The van der Waals surface area contributed by atoms with E-state index in [0.717, 1.165) is 95.5 Å². The summed E-state index contributed by atoms with van der Waals surface area (Å²) in [5.41, 5.74) is 1.88. The van der Waals surface area contributed by atoms with Crippen LogP contribution in [0.15, 0.2) is 35.7 Å². The first kappa shape index (κ1) is 56.3. The molecule has 0 radical (unpaired) electrons. The minimum Gasteiger partial charge on any atom is -0.465 e. The van der Waals surface area contributed by atoms with E-state index >= 15 is 0 Å². The van der Waals surface area contributed by atoms with Crippen LogP contribution in [0.4, 0.5) is 0 Å². The quantitative estimate of drug-likeness (QED) is 0.108. The molecule has 10 aliphatic carbocycles. The van der Waals surface area contributed by atoms with Gasteiger partial charge >= 0.3 is 11.9 Å². The van der Waals surface area contributed by atoms with Crippen molar-refractivity contribution in [3.05, 3.63) is 41.3 Å². The molecular weight excluding hydrogens is 961 g/mol. The lowest BCUT2D eigenvalue weighted by atomic mass is 9.33. The third-order valence-corrected chi connectivity index (χ3v) is 28.7. The summed E-state index contributed by atoms with van der Waals surface area (Å²) in [6.45, 7) is 32.3.